The summed E-state index contributed by atoms with van der Waals surface area (Å²) < 4.78 is 19.3. The first-order chi connectivity index (χ1) is 15.3. The topological polar surface area (TPSA) is 74.5 Å². The normalized spacial score (nSPS) is 36.6. The van der Waals surface area contributed by atoms with E-state index in [1.807, 2.05) is 16.8 Å². The van der Waals surface area contributed by atoms with Crippen molar-refractivity contribution < 1.29 is 14.2 Å². The number of hydrogen-bond acceptors (Lipinski definition) is 7. The predicted octanol–water partition coefficient (Wildman–Crippen LogP) is 2.42. The number of nitrogens with zero attached hydrogens (tertiary/aromatic N) is 5. The molecule has 5 fully saturated rings. The standard InChI is InChI=1S/C23H29N5O3/c1-2-20-21(31-8-7-30-20)14-19(1)28-22(24-25-26-28)23(27-3-5-29-6-4-27)17-10-15-9-16(12-17)13-18(23)11-15/h1-2,14-18H,3-13H2. The zero-order valence-corrected chi connectivity index (χ0v) is 17.8. The third kappa shape index (κ3) is 2.64. The maximum Gasteiger partial charge on any atom is 0.177 e. The van der Waals surface area contributed by atoms with Crippen molar-refractivity contribution in [3.05, 3.63) is 24.0 Å². The summed E-state index contributed by atoms with van der Waals surface area (Å²) in [6.45, 7) is 4.66. The summed E-state index contributed by atoms with van der Waals surface area (Å²) in [5.74, 6) is 5.58. The number of tetrazole rings is 1. The third-order valence-electron chi connectivity index (χ3n) is 8.52. The van der Waals surface area contributed by atoms with Gasteiger partial charge in [0.05, 0.1) is 24.4 Å². The van der Waals surface area contributed by atoms with Gasteiger partial charge >= 0.3 is 0 Å². The van der Waals surface area contributed by atoms with Gasteiger partial charge in [-0.3, -0.25) is 4.90 Å². The van der Waals surface area contributed by atoms with Gasteiger partial charge in [0.2, 0.25) is 0 Å². The molecule has 2 aliphatic heterocycles. The van der Waals surface area contributed by atoms with Crippen molar-refractivity contribution in [3.63, 3.8) is 0 Å². The maximum absolute atomic E-state index is 5.85. The first kappa shape index (κ1) is 18.4. The fourth-order valence-electron chi connectivity index (χ4n) is 7.63. The van der Waals surface area contributed by atoms with Gasteiger partial charge in [0.15, 0.2) is 17.3 Å². The molecule has 0 amide bonds. The predicted molar refractivity (Wildman–Crippen MR) is 111 cm³/mol. The van der Waals surface area contributed by atoms with Gasteiger partial charge in [-0.15, -0.1) is 5.10 Å². The van der Waals surface area contributed by atoms with Gasteiger partial charge in [-0.25, -0.2) is 0 Å². The van der Waals surface area contributed by atoms with E-state index in [1.54, 1.807) is 0 Å². The van der Waals surface area contributed by atoms with E-state index >= 15 is 0 Å². The molecule has 164 valence electrons. The highest BCUT2D eigenvalue weighted by molar-refractivity contribution is 5.49. The lowest BCUT2D eigenvalue weighted by Gasteiger charge is -2.64. The van der Waals surface area contributed by atoms with Gasteiger partial charge < -0.3 is 14.2 Å². The van der Waals surface area contributed by atoms with Crippen LogP contribution in [0.1, 0.15) is 37.9 Å². The van der Waals surface area contributed by atoms with E-state index in [0.717, 1.165) is 61.1 Å². The highest BCUT2D eigenvalue weighted by atomic mass is 16.6. The van der Waals surface area contributed by atoms with Gasteiger partial charge in [0, 0.05) is 19.2 Å². The number of ether oxygens (including phenoxy) is 3. The fraction of sp³-hybridized carbons (Fsp3) is 0.696. The average molecular weight is 424 g/mol. The SMILES string of the molecule is c1cc2c(cc1-n1nnnc1C1(N3CCOCC3)C3CC4CC(C3)CC1C4)OCCO2. The molecule has 0 radical (unpaired) electrons. The van der Waals surface area contributed by atoms with E-state index in [-0.39, 0.29) is 5.54 Å². The zero-order valence-electron chi connectivity index (χ0n) is 17.8. The minimum Gasteiger partial charge on any atom is -0.486 e. The Bertz CT molecular complexity index is 952. The quantitative estimate of drug-likeness (QED) is 0.751. The van der Waals surface area contributed by atoms with Crippen LogP contribution >= 0.6 is 0 Å². The Morgan fingerprint density at radius 3 is 2.29 bits per heavy atom. The molecule has 8 nitrogen and oxygen atoms in total. The second kappa shape index (κ2) is 6.90. The summed E-state index contributed by atoms with van der Waals surface area (Å²) in [7, 11) is 0. The minimum absolute atomic E-state index is 0.103. The number of benzene rings is 1. The minimum atomic E-state index is -0.103. The Balaban J connectivity index is 1.37. The van der Waals surface area contributed by atoms with Crippen LogP contribution in [0.25, 0.3) is 5.69 Å². The molecule has 4 saturated carbocycles. The molecule has 0 spiro atoms. The fourth-order valence-corrected chi connectivity index (χ4v) is 7.63. The number of rotatable bonds is 3. The van der Waals surface area contributed by atoms with Crippen LogP contribution < -0.4 is 9.47 Å². The molecule has 8 rings (SSSR count). The van der Waals surface area contributed by atoms with E-state index in [4.69, 9.17) is 19.3 Å². The molecule has 6 aliphatic rings. The van der Waals surface area contributed by atoms with Crippen LogP contribution in [0.5, 0.6) is 11.5 Å². The highest BCUT2D eigenvalue weighted by Gasteiger charge is 2.62. The van der Waals surface area contributed by atoms with E-state index in [1.165, 1.54) is 32.1 Å². The average Bonchev–Trinajstić information content (AvgIpc) is 3.29. The highest BCUT2D eigenvalue weighted by Crippen LogP contribution is 2.63. The Labute approximate surface area is 181 Å². The van der Waals surface area contributed by atoms with Gasteiger partial charge in [-0.2, -0.15) is 4.68 Å². The summed E-state index contributed by atoms with van der Waals surface area (Å²) in [6.07, 6.45) is 6.65. The van der Waals surface area contributed by atoms with E-state index in [9.17, 15) is 0 Å². The molecule has 0 atom stereocenters. The summed E-state index contributed by atoms with van der Waals surface area (Å²) >= 11 is 0. The van der Waals surface area contributed by atoms with Crippen molar-refractivity contribution in [1.29, 1.82) is 0 Å². The van der Waals surface area contributed by atoms with Crippen molar-refractivity contribution in [2.75, 3.05) is 39.5 Å². The van der Waals surface area contributed by atoms with Crippen LogP contribution in [0.3, 0.4) is 0 Å². The summed E-state index contributed by atoms with van der Waals surface area (Å²) in [5, 5.41) is 13.5. The third-order valence-corrected chi connectivity index (χ3v) is 8.52. The molecule has 8 heteroatoms. The van der Waals surface area contributed by atoms with E-state index < -0.39 is 0 Å². The molecule has 1 aromatic heterocycles. The summed E-state index contributed by atoms with van der Waals surface area (Å²) in [4.78, 5) is 2.68. The van der Waals surface area contributed by atoms with Crippen LogP contribution in [-0.4, -0.2) is 64.6 Å². The van der Waals surface area contributed by atoms with Gasteiger partial charge in [-0.05, 0) is 78.3 Å². The number of aromatic nitrogens is 4. The summed E-state index contributed by atoms with van der Waals surface area (Å²) in [6, 6.07) is 6.06. The smallest absolute Gasteiger partial charge is 0.177 e. The van der Waals surface area contributed by atoms with Gasteiger partial charge in [0.25, 0.3) is 0 Å². The lowest BCUT2D eigenvalue weighted by molar-refractivity contribution is -0.166. The second-order valence-corrected chi connectivity index (χ2v) is 9.97. The van der Waals surface area contributed by atoms with E-state index in [2.05, 4.69) is 21.4 Å². The molecule has 2 aromatic rings. The molecule has 1 aromatic carbocycles. The lowest BCUT2D eigenvalue weighted by Crippen LogP contribution is -2.66. The van der Waals surface area contributed by atoms with Crippen LogP contribution in [0.2, 0.25) is 0 Å². The molecular formula is C23H29N5O3. The largest absolute Gasteiger partial charge is 0.486 e. The first-order valence-corrected chi connectivity index (χ1v) is 11.8. The molecule has 3 heterocycles. The Kier molecular flexibility index (Phi) is 4.09. The molecule has 31 heavy (non-hydrogen) atoms. The van der Waals surface area contributed by atoms with Gasteiger partial charge in [-0.1, -0.05) is 0 Å². The van der Waals surface area contributed by atoms with Crippen LogP contribution in [0, 0.1) is 23.7 Å². The van der Waals surface area contributed by atoms with Gasteiger partial charge in [0.1, 0.15) is 13.2 Å². The molecule has 4 aliphatic carbocycles. The summed E-state index contributed by atoms with van der Waals surface area (Å²) in [5.41, 5.74) is 0.846. The first-order valence-electron chi connectivity index (χ1n) is 11.8. The monoisotopic (exact) mass is 423 g/mol. The molecule has 1 saturated heterocycles. The Morgan fingerprint density at radius 2 is 1.55 bits per heavy atom. The molecule has 0 unspecified atom stereocenters. The maximum atomic E-state index is 5.85. The van der Waals surface area contributed by atoms with Crippen molar-refractivity contribution in [2.45, 2.75) is 37.6 Å². The molecule has 0 N–H and O–H groups in total. The van der Waals surface area contributed by atoms with Crippen molar-refractivity contribution >= 4 is 0 Å². The number of fused-ring (bicyclic) bond motifs is 1. The van der Waals surface area contributed by atoms with E-state index in [0.29, 0.717) is 25.0 Å². The second-order valence-electron chi connectivity index (χ2n) is 9.97. The number of morpholine rings is 1. The molecular weight excluding hydrogens is 394 g/mol. The lowest BCUT2D eigenvalue weighted by atomic mass is 9.47. The van der Waals surface area contributed by atoms with Crippen molar-refractivity contribution in [3.8, 4) is 17.2 Å². The number of hydrogen-bond donors (Lipinski definition) is 0. The zero-order chi connectivity index (χ0) is 20.4. The van der Waals surface area contributed by atoms with Crippen molar-refractivity contribution in [2.24, 2.45) is 23.7 Å². The Hall–Kier alpha value is -2.19. The van der Waals surface area contributed by atoms with Crippen molar-refractivity contribution in [1.82, 2.24) is 25.1 Å². The van der Waals surface area contributed by atoms with Crippen LogP contribution in [-0.2, 0) is 10.3 Å². The molecule has 4 bridgehead atoms. The Morgan fingerprint density at radius 1 is 0.839 bits per heavy atom. The van der Waals surface area contributed by atoms with Crippen LogP contribution in [0.15, 0.2) is 18.2 Å². The van der Waals surface area contributed by atoms with Crippen LogP contribution in [0.4, 0.5) is 0 Å².